The second kappa shape index (κ2) is 8.78. The molecule has 2 rings (SSSR count). The maximum absolute atomic E-state index is 12.6. The molecule has 0 heterocycles. The smallest absolute Gasteiger partial charge is 0.273 e. The number of nitrogens with two attached hydrogens (primary N) is 1. The van der Waals surface area contributed by atoms with Crippen LogP contribution in [0.15, 0.2) is 59.7 Å². The van der Waals surface area contributed by atoms with Crippen LogP contribution in [-0.2, 0) is 4.79 Å². The Labute approximate surface area is 155 Å². The number of carbonyl (C=O) groups excluding carboxylic acids is 1. The van der Waals surface area contributed by atoms with Crippen LogP contribution in [0.2, 0.25) is 5.02 Å². The summed E-state index contributed by atoms with van der Waals surface area (Å²) in [6, 6.07) is 17.5. The van der Waals surface area contributed by atoms with E-state index in [2.05, 4.69) is 21.9 Å². The molecule has 2 aromatic rings. The number of amides is 1. The molecule has 2 aromatic carbocycles. The van der Waals surface area contributed by atoms with E-state index in [1.165, 1.54) is 0 Å². The summed E-state index contributed by atoms with van der Waals surface area (Å²) in [5.74, 6) is -1.47. The van der Waals surface area contributed by atoms with Gasteiger partial charge in [-0.25, -0.2) is 0 Å². The Bertz CT molecular complexity index is 848. The van der Waals surface area contributed by atoms with Crippen molar-refractivity contribution in [2.24, 2.45) is 10.8 Å². The van der Waals surface area contributed by atoms with Crippen molar-refractivity contribution < 1.29 is 4.79 Å². The summed E-state index contributed by atoms with van der Waals surface area (Å²) in [5, 5.41) is 16.5. The molecule has 25 heavy (non-hydrogen) atoms. The summed E-state index contributed by atoms with van der Waals surface area (Å²) in [6.45, 7) is 0. The first-order valence-corrected chi connectivity index (χ1v) is 7.94. The van der Waals surface area contributed by atoms with E-state index in [0.29, 0.717) is 16.3 Å². The van der Waals surface area contributed by atoms with Gasteiger partial charge >= 0.3 is 0 Å². The molecule has 0 aliphatic rings. The number of nitrogens with one attached hydrogen (secondary N) is 2. The van der Waals surface area contributed by atoms with Gasteiger partial charge in [0.05, 0.1) is 6.07 Å². The Morgan fingerprint density at radius 1 is 1.24 bits per heavy atom. The Kier molecular flexibility index (Phi) is 6.46. The third-order valence-corrected chi connectivity index (χ3v) is 3.46. The quantitative estimate of drug-likeness (QED) is 0.426. The zero-order valence-corrected chi connectivity index (χ0v) is 14.5. The number of benzene rings is 2. The van der Waals surface area contributed by atoms with E-state index in [1.807, 2.05) is 6.07 Å². The average molecular weight is 372 g/mol. The molecule has 0 aliphatic heterocycles. The second-order valence-electron chi connectivity index (χ2n) is 4.91. The van der Waals surface area contributed by atoms with Gasteiger partial charge in [0.2, 0.25) is 0 Å². The molecule has 1 atom stereocenters. The third-order valence-electron chi connectivity index (χ3n) is 3.14. The van der Waals surface area contributed by atoms with Gasteiger partial charge < -0.3 is 11.1 Å². The van der Waals surface area contributed by atoms with Crippen LogP contribution in [0.4, 0.5) is 5.69 Å². The van der Waals surface area contributed by atoms with E-state index in [9.17, 15) is 10.1 Å². The lowest BCUT2D eigenvalue weighted by Gasteiger charge is -2.13. The molecular formula is C17H14ClN5OS. The fourth-order valence-electron chi connectivity index (χ4n) is 2.06. The van der Waals surface area contributed by atoms with Crippen LogP contribution in [0, 0.1) is 11.3 Å². The predicted molar refractivity (Wildman–Crippen MR) is 102 cm³/mol. The largest absolute Gasteiger partial charge is 0.375 e. The van der Waals surface area contributed by atoms with Gasteiger partial charge in [-0.05, 0) is 36.0 Å². The summed E-state index contributed by atoms with van der Waals surface area (Å²) in [6.07, 6.45) is 0. The first-order valence-electron chi connectivity index (χ1n) is 7.15. The molecule has 0 spiro atoms. The maximum atomic E-state index is 12.6. The summed E-state index contributed by atoms with van der Waals surface area (Å²) in [4.78, 5) is 12.6. The summed E-state index contributed by atoms with van der Waals surface area (Å²) in [5.41, 5.74) is 8.77. The van der Waals surface area contributed by atoms with E-state index >= 15 is 0 Å². The highest BCUT2D eigenvalue weighted by molar-refractivity contribution is 7.80. The molecule has 0 saturated carbocycles. The molecule has 1 unspecified atom stereocenters. The molecule has 0 aromatic heterocycles. The molecule has 0 radical (unpaired) electrons. The molecule has 0 fully saturated rings. The maximum Gasteiger partial charge on any atom is 0.273 e. The van der Waals surface area contributed by atoms with Crippen molar-refractivity contribution in [3.63, 3.8) is 0 Å². The fraction of sp³-hybridized carbons (Fsp3) is 0.0588. The van der Waals surface area contributed by atoms with Gasteiger partial charge in [-0.15, -0.1) is 0 Å². The normalized spacial score (nSPS) is 11.9. The lowest BCUT2D eigenvalue weighted by molar-refractivity contribution is -0.110. The Hall–Kier alpha value is -2.95. The SMILES string of the molecule is N#CC(/C(=N/NC(N)=S)C(=O)Nc1cccc(Cl)c1)c1ccccc1. The number of hydrogen-bond acceptors (Lipinski definition) is 4. The zero-order chi connectivity index (χ0) is 18.2. The lowest BCUT2D eigenvalue weighted by Crippen LogP contribution is -2.33. The number of anilines is 1. The van der Waals surface area contributed by atoms with Crippen molar-refractivity contribution in [1.82, 2.24) is 5.43 Å². The van der Waals surface area contributed by atoms with Crippen LogP contribution in [0.1, 0.15) is 11.5 Å². The molecule has 126 valence electrons. The second-order valence-corrected chi connectivity index (χ2v) is 5.79. The van der Waals surface area contributed by atoms with Gasteiger partial charge in [-0.3, -0.25) is 10.2 Å². The van der Waals surface area contributed by atoms with Gasteiger partial charge in [0.15, 0.2) is 5.11 Å². The van der Waals surface area contributed by atoms with E-state index in [1.54, 1.807) is 48.5 Å². The van der Waals surface area contributed by atoms with Crippen LogP contribution < -0.4 is 16.5 Å². The van der Waals surface area contributed by atoms with Crippen LogP contribution in [-0.4, -0.2) is 16.7 Å². The van der Waals surface area contributed by atoms with Crippen LogP contribution in [0.5, 0.6) is 0 Å². The van der Waals surface area contributed by atoms with Crippen molar-refractivity contribution in [1.29, 1.82) is 5.26 Å². The van der Waals surface area contributed by atoms with E-state index in [0.717, 1.165) is 0 Å². The highest BCUT2D eigenvalue weighted by Crippen LogP contribution is 2.19. The first-order chi connectivity index (χ1) is 12.0. The van der Waals surface area contributed by atoms with Crippen LogP contribution >= 0.6 is 23.8 Å². The standard InChI is InChI=1S/C17H14ClN5OS/c18-12-7-4-8-13(9-12)21-16(24)15(22-23-17(20)25)14(10-19)11-5-2-1-3-6-11/h1-9,14H,(H,21,24)(H3,20,23,25)/b22-15-. The molecule has 6 nitrogen and oxygen atoms in total. The van der Waals surface area contributed by atoms with Gasteiger partial charge in [0.1, 0.15) is 11.6 Å². The molecule has 0 bridgehead atoms. The Balaban J connectivity index is 2.35. The number of nitrogens with zero attached hydrogens (tertiary/aromatic N) is 2. The number of nitriles is 1. The fourth-order valence-corrected chi connectivity index (χ4v) is 2.30. The lowest BCUT2D eigenvalue weighted by atomic mass is 9.95. The Morgan fingerprint density at radius 2 is 1.96 bits per heavy atom. The van der Waals surface area contributed by atoms with Crippen molar-refractivity contribution in [3.8, 4) is 6.07 Å². The molecule has 8 heteroatoms. The zero-order valence-electron chi connectivity index (χ0n) is 12.9. The molecule has 0 saturated heterocycles. The van der Waals surface area contributed by atoms with Crippen molar-refractivity contribution in [3.05, 3.63) is 65.2 Å². The minimum absolute atomic E-state index is 0.0681. The third kappa shape index (κ3) is 5.28. The van der Waals surface area contributed by atoms with Crippen molar-refractivity contribution in [2.75, 3.05) is 5.32 Å². The predicted octanol–water partition coefficient (Wildman–Crippen LogP) is 2.78. The van der Waals surface area contributed by atoms with E-state index < -0.39 is 11.8 Å². The minimum Gasteiger partial charge on any atom is -0.375 e. The van der Waals surface area contributed by atoms with Crippen molar-refractivity contribution in [2.45, 2.75) is 5.92 Å². The Morgan fingerprint density at radius 3 is 2.56 bits per heavy atom. The van der Waals surface area contributed by atoms with Crippen LogP contribution in [0.25, 0.3) is 0 Å². The monoisotopic (exact) mass is 371 g/mol. The van der Waals surface area contributed by atoms with Gasteiger partial charge in [0.25, 0.3) is 5.91 Å². The van der Waals surface area contributed by atoms with Gasteiger partial charge in [-0.2, -0.15) is 10.4 Å². The van der Waals surface area contributed by atoms with Gasteiger partial charge in [-0.1, -0.05) is 48.0 Å². The molecular weight excluding hydrogens is 358 g/mol. The highest BCUT2D eigenvalue weighted by Gasteiger charge is 2.25. The number of thiocarbonyl (C=S) groups is 1. The van der Waals surface area contributed by atoms with Gasteiger partial charge in [0, 0.05) is 10.7 Å². The number of hydrogen-bond donors (Lipinski definition) is 3. The first kappa shape index (κ1) is 18.4. The number of hydrazone groups is 1. The molecule has 4 N–H and O–H groups in total. The van der Waals surface area contributed by atoms with E-state index in [4.69, 9.17) is 29.6 Å². The minimum atomic E-state index is -0.901. The number of carbonyl (C=O) groups is 1. The summed E-state index contributed by atoms with van der Waals surface area (Å²) >= 11 is 10.6. The molecule has 1 amide bonds. The number of halogens is 1. The number of rotatable bonds is 5. The average Bonchev–Trinajstić information content (AvgIpc) is 2.59. The summed E-state index contributed by atoms with van der Waals surface area (Å²) in [7, 11) is 0. The summed E-state index contributed by atoms with van der Waals surface area (Å²) < 4.78 is 0. The van der Waals surface area contributed by atoms with Crippen molar-refractivity contribution >= 4 is 46.2 Å². The van der Waals surface area contributed by atoms with E-state index in [-0.39, 0.29) is 10.8 Å². The highest BCUT2D eigenvalue weighted by atomic mass is 35.5. The van der Waals surface area contributed by atoms with Crippen LogP contribution in [0.3, 0.4) is 0 Å². The topological polar surface area (TPSA) is 103 Å². The molecule has 0 aliphatic carbocycles.